The van der Waals surface area contributed by atoms with Gasteiger partial charge in [-0.25, -0.2) is 4.98 Å². The molecule has 0 unspecified atom stereocenters. The molecular formula is C7H11Cl2N3S. The van der Waals surface area contributed by atoms with Crippen molar-refractivity contribution in [2.45, 2.75) is 19.4 Å². The molecule has 6 heteroatoms. The maximum Gasteiger partial charge on any atom is 0.203 e. The summed E-state index contributed by atoms with van der Waals surface area (Å²) >= 11 is 12.9. The van der Waals surface area contributed by atoms with Gasteiger partial charge in [-0.15, -0.1) is 23.2 Å². The summed E-state index contributed by atoms with van der Waals surface area (Å²) in [6.45, 7) is 3.80. The van der Waals surface area contributed by atoms with Crippen LogP contribution in [0.15, 0.2) is 0 Å². The van der Waals surface area contributed by atoms with Gasteiger partial charge < -0.3 is 5.32 Å². The maximum atomic E-state index is 5.78. The second-order valence-corrected chi connectivity index (χ2v) is 4.39. The minimum Gasteiger partial charge on any atom is -0.353 e. The third-order valence-electron chi connectivity index (χ3n) is 1.53. The van der Waals surface area contributed by atoms with E-state index in [1.807, 2.05) is 13.8 Å². The summed E-state index contributed by atoms with van der Waals surface area (Å²) in [7, 11) is 0. The average Bonchev–Trinajstić information content (AvgIpc) is 2.51. The van der Waals surface area contributed by atoms with E-state index in [0.717, 1.165) is 11.0 Å². The smallest absolute Gasteiger partial charge is 0.203 e. The number of hydrogen-bond acceptors (Lipinski definition) is 4. The lowest BCUT2D eigenvalue weighted by Crippen LogP contribution is -2.38. The molecule has 0 aliphatic heterocycles. The Kier molecular flexibility index (Phi) is 3.76. The molecule has 0 spiro atoms. The Morgan fingerprint density at radius 3 is 2.46 bits per heavy atom. The second kappa shape index (κ2) is 4.44. The largest absolute Gasteiger partial charge is 0.353 e. The highest BCUT2D eigenvalue weighted by molar-refractivity contribution is 7.09. The zero-order valence-electron chi connectivity index (χ0n) is 7.47. The molecule has 0 radical (unpaired) electrons. The normalized spacial score (nSPS) is 11.7. The van der Waals surface area contributed by atoms with Crippen molar-refractivity contribution in [3.63, 3.8) is 0 Å². The summed E-state index contributed by atoms with van der Waals surface area (Å²) in [5, 5.41) is 3.92. The van der Waals surface area contributed by atoms with Crippen LogP contribution >= 0.6 is 34.7 Å². The summed E-state index contributed by atoms with van der Waals surface area (Å²) in [6.07, 6.45) is 0. The third kappa shape index (κ3) is 2.97. The van der Waals surface area contributed by atoms with Crippen LogP contribution in [0.4, 0.5) is 5.13 Å². The van der Waals surface area contributed by atoms with Crippen molar-refractivity contribution in [1.82, 2.24) is 9.36 Å². The first kappa shape index (κ1) is 11.0. The molecular weight excluding hydrogens is 229 g/mol. The van der Waals surface area contributed by atoms with Gasteiger partial charge in [0.25, 0.3) is 0 Å². The van der Waals surface area contributed by atoms with Crippen molar-refractivity contribution in [2.75, 3.05) is 17.1 Å². The minimum absolute atomic E-state index is 0.310. The standard InChI is InChI=1S/C7H11Cl2N3S/c1-5-10-6(13-12-5)11-7(2,3-8)4-9/h3-4H2,1-2H3,(H,10,11,12). The van der Waals surface area contributed by atoms with Gasteiger partial charge in [0.2, 0.25) is 5.13 Å². The molecule has 0 saturated carbocycles. The quantitative estimate of drug-likeness (QED) is 0.821. The minimum atomic E-state index is -0.310. The fraction of sp³-hybridized carbons (Fsp3) is 0.714. The van der Waals surface area contributed by atoms with Gasteiger partial charge in [-0.3, -0.25) is 0 Å². The average molecular weight is 240 g/mol. The van der Waals surface area contributed by atoms with Crippen LogP contribution in [0.3, 0.4) is 0 Å². The van der Waals surface area contributed by atoms with Crippen LogP contribution in [0.25, 0.3) is 0 Å². The van der Waals surface area contributed by atoms with Gasteiger partial charge in [-0.1, -0.05) is 0 Å². The van der Waals surface area contributed by atoms with Crippen molar-refractivity contribution in [3.8, 4) is 0 Å². The van der Waals surface area contributed by atoms with Crippen molar-refractivity contribution < 1.29 is 0 Å². The number of alkyl halides is 2. The molecule has 1 rings (SSSR count). The molecule has 74 valence electrons. The van der Waals surface area contributed by atoms with Crippen LogP contribution in [0.1, 0.15) is 12.7 Å². The molecule has 0 fully saturated rings. The lowest BCUT2D eigenvalue weighted by Gasteiger charge is -2.24. The van der Waals surface area contributed by atoms with Gasteiger partial charge in [-0.05, 0) is 13.8 Å². The first-order chi connectivity index (χ1) is 6.09. The first-order valence-corrected chi connectivity index (χ1v) is 5.64. The van der Waals surface area contributed by atoms with Crippen molar-refractivity contribution in [1.29, 1.82) is 0 Å². The monoisotopic (exact) mass is 239 g/mol. The highest BCUT2D eigenvalue weighted by Gasteiger charge is 2.22. The van der Waals surface area contributed by atoms with E-state index in [9.17, 15) is 0 Å². The number of nitrogens with one attached hydrogen (secondary N) is 1. The van der Waals surface area contributed by atoms with Crippen LogP contribution in [0.5, 0.6) is 0 Å². The van der Waals surface area contributed by atoms with Gasteiger partial charge >= 0.3 is 0 Å². The van der Waals surface area contributed by atoms with E-state index in [1.165, 1.54) is 11.5 Å². The maximum absolute atomic E-state index is 5.78. The molecule has 13 heavy (non-hydrogen) atoms. The summed E-state index contributed by atoms with van der Waals surface area (Å²) in [4.78, 5) is 4.17. The number of anilines is 1. The summed E-state index contributed by atoms with van der Waals surface area (Å²) in [5.41, 5.74) is -0.310. The number of halogens is 2. The Hall–Kier alpha value is -0.0600. The molecule has 3 nitrogen and oxygen atoms in total. The number of hydrogen-bond donors (Lipinski definition) is 1. The zero-order valence-corrected chi connectivity index (χ0v) is 9.80. The molecule has 0 aliphatic rings. The predicted molar refractivity (Wildman–Crippen MR) is 58.1 cm³/mol. The fourth-order valence-electron chi connectivity index (χ4n) is 0.709. The number of aromatic nitrogens is 2. The molecule has 1 aromatic heterocycles. The van der Waals surface area contributed by atoms with Gasteiger partial charge in [0, 0.05) is 23.3 Å². The molecule has 1 N–H and O–H groups in total. The highest BCUT2D eigenvalue weighted by atomic mass is 35.5. The second-order valence-electron chi connectivity index (χ2n) is 3.10. The first-order valence-electron chi connectivity index (χ1n) is 3.80. The molecule has 0 aliphatic carbocycles. The molecule has 0 saturated heterocycles. The Bertz CT molecular complexity index is 272. The number of nitrogens with zero attached hydrogens (tertiary/aromatic N) is 2. The summed E-state index contributed by atoms with van der Waals surface area (Å²) in [5.74, 6) is 1.64. The van der Waals surface area contributed by atoms with Crippen LogP contribution in [0, 0.1) is 6.92 Å². The molecule has 0 bridgehead atoms. The highest BCUT2D eigenvalue weighted by Crippen LogP contribution is 2.19. The molecule has 0 amide bonds. The molecule has 0 aromatic carbocycles. The van der Waals surface area contributed by atoms with E-state index in [-0.39, 0.29) is 5.54 Å². The Balaban J connectivity index is 2.67. The number of aryl methyl sites for hydroxylation is 1. The van der Waals surface area contributed by atoms with Crippen molar-refractivity contribution in [2.24, 2.45) is 0 Å². The lowest BCUT2D eigenvalue weighted by molar-refractivity contribution is 0.648. The SMILES string of the molecule is Cc1nsc(NC(C)(CCl)CCl)n1. The Morgan fingerprint density at radius 1 is 1.46 bits per heavy atom. The van der Waals surface area contributed by atoms with E-state index in [2.05, 4.69) is 14.7 Å². The topological polar surface area (TPSA) is 37.8 Å². The number of rotatable bonds is 4. The Labute approximate surface area is 91.6 Å². The van der Waals surface area contributed by atoms with E-state index in [1.54, 1.807) is 0 Å². The van der Waals surface area contributed by atoms with Crippen LogP contribution in [-0.4, -0.2) is 26.7 Å². The molecule has 1 heterocycles. The van der Waals surface area contributed by atoms with E-state index < -0.39 is 0 Å². The lowest BCUT2D eigenvalue weighted by atomic mass is 10.1. The van der Waals surface area contributed by atoms with Crippen LogP contribution < -0.4 is 5.32 Å². The van der Waals surface area contributed by atoms with Gasteiger partial charge in [0.05, 0.1) is 5.54 Å². The van der Waals surface area contributed by atoms with Gasteiger partial charge in [0.1, 0.15) is 5.82 Å². The van der Waals surface area contributed by atoms with Gasteiger partial charge in [0.15, 0.2) is 0 Å². The van der Waals surface area contributed by atoms with Crippen molar-refractivity contribution in [3.05, 3.63) is 5.82 Å². The van der Waals surface area contributed by atoms with Crippen LogP contribution in [0.2, 0.25) is 0 Å². The predicted octanol–water partition coefficient (Wildman–Crippen LogP) is 2.49. The van der Waals surface area contributed by atoms with Crippen LogP contribution in [-0.2, 0) is 0 Å². The molecule has 0 atom stereocenters. The summed E-state index contributed by atoms with van der Waals surface area (Å²) < 4.78 is 4.05. The van der Waals surface area contributed by atoms with Crippen molar-refractivity contribution >= 4 is 39.9 Å². The zero-order chi connectivity index (χ0) is 9.90. The third-order valence-corrected chi connectivity index (χ3v) is 3.43. The van der Waals surface area contributed by atoms with E-state index in [4.69, 9.17) is 23.2 Å². The molecule has 1 aromatic rings. The van der Waals surface area contributed by atoms with E-state index in [0.29, 0.717) is 11.8 Å². The van der Waals surface area contributed by atoms with E-state index >= 15 is 0 Å². The Morgan fingerprint density at radius 2 is 2.08 bits per heavy atom. The fourth-order valence-corrected chi connectivity index (χ4v) is 1.85. The summed E-state index contributed by atoms with van der Waals surface area (Å²) in [6, 6.07) is 0. The van der Waals surface area contributed by atoms with Gasteiger partial charge in [-0.2, -0.15) is 4.37 Å².